The molecule has 112 valence electrons. The van der Waals surface area contributed by atoms with Crippen molar-refractivity contribution in [3.8, 4) is 5.75 Å². The number of alkyl halides is 1. The molecule has 1 rings (SSSR count). The van der Waals surface area contributed by atoms with Gasteiger partial charge in [0, 0.05) is 13.6 Å². The number of halogens is 1. The maximum Gasteiger partial charge on any atom is 0.240 e. The molecule has 0 saturated heterocycles. The quantitative estimate of drug-likeness (QED) is 0.594. The molecule has 1 aromatic carbocycles. The second-order valence-corrected chi connectivity index (χ2v) is 5.94. The molecule has 0 N–H and O–H groups in total. The van der Waals surface area contributed by atoms with Crippen LogP contribution in [-0.4, -0.2) is 36.4 Å². The zero-order chi connectivity index (χ0) is 15.3. The lowest BCUT2D eigenvalue weighted by atomic mass is 10.1. The molecule has 0 radical (unpaired) electrons. The summed E-state index contributed by atoms with van der Waals surface area (Å²) >= 11 is 5.76. The summed E-state index contributed by atoms with van der Waals surface area (Å²) in [6.07, 6.45) is 0.790. The number of ether oxygens (including phenoxy) is 1. The van der Waals surface area contributed by atoms with Gasteiger partial charge in [-0.1, -0.05) is 6.07 Å². The van der Waals surface area contributed by atoms with Gasteiger partial charge in [-0.25, -0.2) is 0 Å². The first-order valence-corrected chi connectivity index (χ1v) is 7.36. The molecule has 1 atom stereocenters. The average molecular weight is 298 g/mol. The smallest absolute Gasteiger partial charge is 0.240 e. The van der Waals surface area contributed by atoms with Gasteiger partial charge in [0.05, 0.1) is 6.61 Å². The standard InChI is InChI=1S/C16H24ClNO2/c1-11-9-12(2)13(3)15(10-11)20-8-6-7-18(5)16(19)14(4)17/h9-10,14H,6-8H2,1-5H3. The number of nitrogens with zero attached hydrogens (tertiary/aromatic N) is 1. The zero-order valence-corrected chi connectivity index (χ0v) is 13.8. The van der Waals surface area contributed by atoms with E-state index >= 15 is 0 Å². The molecular formula is C16H24ClNO2. The van der Waals surface area contributed by atoms with Crippen LogP contribution in [0.3, 0.4) is 0 Å². The predicted molar refractivity (Wildman–Crippen MR) is 83.7 cm³/mol. The van der Waals surface area contributed by atoms with Crippen LogP contribution >= 0.6 is 11.6 Å². The molecule has 0 heterocycles. The van der Waals surface area contributed by atoms with E-state index in [0.29, 0.717) is 13.2 Å². The molecule has 0 saturated carbocycles. The summed E-state index contributed by atoms with van der Waals surface area (Å²) in [7, 11) is 1.77. The molecule has 4 heteroatoms. The van der Waals surface area contributed by atoms with Crippen LogP contribution in [-0.2, 0) is 4.79 Å². The molecule has 1 amide bonds. The van der Waals surface area contributed by atoms with Crippen molar-refractivity contribution in [1.29, 1.82) is 0 Å². The molecular weight excluding hydrogens is 274 g/mol. The van der Waals surface area contributed by atoms with E-state index in [2.05, 4.69) is 32.9 Å². The van der Waals surface area contributed by atoms with Crippen molar-refractivity contribution in [2.45, 2.75) is 39.5 Å². The highest BCUT2D eigenvalue weighted by atomic mass is 35.5. The Morgan fingerprint density at radius 1 is 1.35 bits per heavy atom. The van der Waals surface area contributed by atoms with E-state index < -0.39 is 5.38 Å². The average Bonchev–Trinajstić information content (AvgIpc) is 2.38. The number of hydrogen-bond acceptors (Lipinski definition) is 2. The van der Waals surface area contributed by atoms with E-state index in [9.17, 15) is 4.79 Å². The van der Waals surface area contributed by atoms with Crippen molar-refractivity contribution in [2.24, 2.45) is 0 Å². The van der Waals surface area contributed by atoms with Crippen LogP contribution in [0.4, 0.5) is 0 Å². The van der Waals surface area contributed by atoms with Crippen LogP contribution in [0.2, 0.25) is 0 Å². The van der Waals surface area contributed by atoms with Crippen LogP contribution < -0.4 is 4.74 Å². The van der Waals surface area contributed by atoms with Gasteiger partial charge in [-0.05, 0) is 56.9 Å². The van der Waals surface area contributed by atoms with Crippen molar-refractivity contribution >= 4 is 17.5 Å². The fraction of sp³-hybridized carbons (Fsp3) is 0.562. The Labute approximate surface area is 126 Å². The first-order valence-electron chi connectivity index (χ1n) is 6.92. The molecule has 0 aromatic heterocycles. The third-order valence-corrected chi connectivity index (χ3v) is 3.56. The molecule has 1 unspecified atom stereocenters. The topological polar surface area (TPSA) is 29.5 Å². The van der Waals surface area contributed by atoms with Crippen LogP contribution in [0.25, 0.3) is 0 Å². The highest BCUT2D eigenvalue weighted by Gasteiger charge is 2.14. The Morgan fingerprint density at radius 3 is 2.60 bits per heavy atom. The molecule has 0 aliphatic carbocycles. The maximum absolute atomic E-state index is 11.6. The lowest BCUT2D eigenvalue weighted by Gasteiger charge is -2.19. The Kier molecular flexibility index (Phi) is 6.34. The summed E-state index contributed by atoms with van der Waals surface area (Å²) in [5.41, 5.74) is 3.61. The molecule has 1 aromatic rings. The summed E-state index contributed by atoms with van der Waals surface area (Å²) in [6.45, 7) is 9.15. The third kappa shape index (κ3) is 4.71. The highest BCUT2D eigenvalue weighted by Crippen LogP contribution is 2.23. The number of rotatable bonds is 6. The van der Waals surface area contributed by atoms with Gasteiger partial charge in [-0.15, -0.1) is 11.6 Å². The van der Waals surface area contributed by atoms with E-state index in [0.717, 1.165) is 12.2 Å². The minimum Gasteiger partial charge on any atom is -0.493 e. The number of benzene rings is 1. The van der Waals surface area contributed by atoms with Crippen molar-refractivity contribution in [1.82, 2.24) is 4.90 Å². The molecule has 0 bridgehead atoms. The number of carbonyl (C=O) groups is 1. The highest BCUT2D eigenvalue weighted by molar-refractivity contribution is 6.30. The van der Waals surface area contributed by atoms with E-state index in [4.69, 9.17) is 16.3 Å². The summed E-state index contributed by atoms with van der Waals surface area (Å²) in [4.78, 5) is 13.3. The zero-order valence-electron chi connectivity index (χ0n) is 13.0. The van der Waals surface area contributed by atoms with Crippen molar-refractivity contribution < 1.29 is 9.53 Å². The summed E-state index contributed by atoms with van der Waals surface area (Å²) in [5.74, 6) is 0.886. The van der Waals surface area contributed by atoms with Crippen LogP contribution in [0.5, 0.6) is 5.75 Å². The minimum atomic E-state index is -0.470. The predicted octanol–water partition coefficient (Wildman–Crippen LogP) is 3.47. The maximum atomic E-state index is 11.6. The molecule has 3 nitrogen and oxygen atoms in total. The van der Waals surface area contributed by atoms with Crippen molar-refractivity contribution in [3.63, 3.8) is 0 Å². The number of hydrogen-bond donors (Lipinski definition) is 0. The summed E-state index contributed by atoms with van der Waals surface area (Å²) in [5, 5.41) is -0.470. The van der Waals surface area contributed by atoms with Gasteiger partial charge < -0.3 is 9.64 Å². The second-order valence-electron chi connectivity index (χ2n) is 5.28. The largest absolute Gasteiger partial charge is 0.493 e. The van der Waals surface area contributed by atoms with Crippen LogP contribution in [0.15, 0.2) is 12.1 Å². The fourth-order valence-electron chi connectivity index (χ4n) is 2.05. The van der Waals surface area contributed by atoms with Gasteiger partial charge in [0.1, 0.15) is 11.1 Å². The van der Waals surface area contributed by atoms with E-state index in [1.165, 1.54) is 16.7 Å². The number of amides is 1. The van der Waals surface area contributed by atoms with Gasteiger partial charge in [0.15, 0.2) is 0 Å². The van der Waals surface area contributed by atoms with Gasteiger partial charge in [0.25, 0.3) is 0 Å². The van der Waals surface area contributed by atoms with Crippen LogP contribution in [0.1, 0.15) is 30.0 Å². The Bertz CT molecular complexity index is 472. The van der Waals surface area contributed by atoms with Crippen molar-refractivity contribution in [2.75, 3.05) is 20.2 Å². The Hall–Kier alpha value is -1.22. The summed E-state index contributed by atoms with van der Waals surface area (Å²) < 4.78 is 5.82. The van der Waals surface area contributed by atoms with Gasteiger partial charge in [0.2, 0.25) is 5.91 Å². The lowest BCUT2D eigenvalue weighted by molar-refractivity contribution is -0.129. The third-order valence-electron chi connectivity index (χ3n) is 3.38. The van der Waals surface area contributed by atoms with Crippen LogP contribution in [0, 0.1) is 20.8 Å². The minimum absolute atomic E-state index is 0.0470. The molecule has 0 fully saturated rings. The van der Waals surface area contributed by atoms with Gasteiger partial charge in [-0.3, -0.25) is 4.79 Å². The van der Waals surface area contributed by atoms with E-state index in [1.54, 1.807) is 18.9 Å². The van der Waals surface area contributed by atoms with Gasteiger partial charge in [-0.2, -0.15) is 0 Å². The molecule has 0 aliphatic rings. The van der Waals surface area contributed by atoms with E-state index in [1.807, 2.05) is 0 Å². The summed E-state index contributed by atoms with van der Waals surface area (Å²) in [6, 6.07) is 4.20. The van der Waals surface area contributed by atoms with Crippen molar-refractivity contribution in [3.05, 3.63) is 28.8 Å². The molecule has 0 spiro atoms. The first-order chi connectivity index (χ1) is 9.32. The molecule has 20 heavy (non-hydrogen) atoms. The van der Waals surface area contributed by atoms with Gasteiger partial charge >= 0.3 is 0 Å². The van der Waals surface area contributed by atoms with E-state index in [-0.39, 0.29) is 5.91 Å². The number of aryl methyl sites for hydroxylation is 2. The SMILES string of the molecule is Cc1cc(C)c(C)c(OCCCN(C)C(=O)C(C)Cl)c1. The number of carbonyl (C=O) groups excluding carboxylic acids is 1. The molecule has 0 aliphatic heterocycles. The Morgan fingerprint density at radius 2 is 2.00 bits per heavy atom. The fourth-order valence-corrected chi connectivity index (χ4v) is 2.22. The second kappa shape index (κ2) is 7.53. The Balaban J connectivity index is 2.44. The lowest BCUT2D eigenvalue weighted by Crippen LogP contribution is -2.33. The normalized spacial score (nSPS) is 12.1. The first kappa shape index (κ1) is 16.8. The monoisotopic (exact) mass is 297 g/mol.